The number of hydrogen-bond acceptors (Lipinski definition) is 8. The van der Waals surface area contributed by atoms with E-state index >= 15 is 0 Å². The smallest absolute Gasteiger partial charge is 0.407 e. The van der Waals surface area contributed by atoms with Crippen molar-refractivity contribution in [3.8, 4) is 22.3 Å². The van der Waals surface area contributed by atoms with E-state index < -0.39 is 35.3 Å². The molecule has 2 unspecified atom stereocenters. The van der Waals surface area contributed by atoms with E-state index in [0.717, 1.165) is 94.5 Å². The summed E-state index contributed by atoms with van der Waals surface area (Å²) in [6.45, 7) is 9.01. The van der Waals surface area contributed by atoms with Crippen molar-refractivity contribution in [2.45, 2.75) is 89.4 Å². The molecule has 4 N–H and O–H groups in total. The molecule has 4 heterocycles. The van der Waals surface area contributed by atoms with Crippen LogP contribution in [0, 0.1) is 23.7 Å². The number of hydrogen-bond donors (Lipinski definition) is 4. The summed E-state index contributed by atoms with van der Waals surface area (Å²) in [5, 5.41) is 5.53. The molecule has 9 rings (SSSR count). The highest BCUT2D eigenvalue weighted by atomic mass is 16.5. The van der Waals surface area contributed by atoms with Gasteiger partial charge in [0, 0.05) is 13.1 Å². The molecule has 2 aromatic heterocycles. The Bertz CT molecular complexity index is 2320. The number of rotatable bonds is 10. The standard InChI is InChI=1S/C46H54N8O6/c1-25(2)37(51-43(57)59-5)39(55)53-23-27-15-17-45(53,21-27)41-47-33-13-11-31(19-35(33)49-41)29-7-9-30(10-8-29)32-12-14-34-36(20-32)50-42(48-34)46-18-16-28(22-46)24-54(46)40(56)38(26(3)4)52-44(58)60-6/h7-14,19-20,25-28,37-38H,15-18,21-24H2,1-6H3,(H,47,49)(H,48,50)(H,51,57)(H,52,58)/t27-,28?,37?,38+,45-,46-/m1/s1. The first-order valence-corrected chi connectivity index (χ1v) is 21.3. The zero-order chi connectivity index (χ0) is 42.1. The Labute approximate surface area is 349 Å². The number of aromatic amines is 2. The van der Waals surface area contributed by atoms with Gasteiger partial charge in [0.05, 0.1) is 36.3 Å². The van der Waals surface area contributed by atoms with Gasteiger partial charge in [0.25, 0.3) is 0 Å². The number of fused-ring (bicyclic) bond motifs is 6. The van der Waals surface area contributed by atoms with Crippen molar-refractivity contribution < 1.29 is 28.7 Å². The number of aromatic nitrogens is 4. The van der Waals surface area contributed by atoms with Crippen LogP contribution in [0.15, 0.2) is 60.7 Å². The van der Waals surface area contributed by atoms with Crippen molar-refractivity contribution in [2.24, 2.45) is 23.7 Å². The van der Waals surface area contributed by atoms with Crippen molar-refractivity contribution in [3.63, 3.8) is 0 Å². The first-order chi connectivity index (χ1) is 28.8. The molecule has 4 bridgehead atoms. The molecule has 5 aromatic rings. The predicted octanol–water partition coefficient (Wildman–Crippen LogP) is 7.21. The molecule has 60 heavy (non-hydrogen) atoms. The highest BCUT2D eigenvalue weighted by Gasteiger charge is 2.58. The maximum atomic E-state index is 14.0. The van der Waals surface area contributed by atoms with Gasteiger partial charge in [0.1, 0.15) is 34.8 Å². The average Bonchev–Trinajstić information content (AvgIpc) is 4.12. The van der Waals surface area contributed by atoms with Crippen LogP contribution < -0.4 is 10.6 Å². The van der Waals surface area contributed by atoms with Crippen LogP contribution >= 0.6 is 0 Å². The van der Waals surface area contributed by atoms with Crippen molar-refractivity contribution in [1.82, 2.24) is 40.4 Å². The fraction of sp³-hybridized carbons (Fsp3) is 0.478. The van der Waals surface area contributed by atoms with E-state index in [1.54, 1.807) is 0 Å². The fourth-order valence-electron chi connectivity index (χ4n) is 10.6. The van der Waals surface area contributed by atoms with Crippen LogP contribution in [-0.2, 0) is 30.1 Å². The Balaban J connectivity index is 0.946. The van der Waals surface area contributed by atoms with Gasteiger partial charge in [-0.3, -0.25) is 9.59 Å². The van der Waals surface area contributed by atoms with Gasteiger partial charge < -0.3 is 39.9 Å². The molecule has 2 saturated heterocycles. The molecule has 314 valence electrons. The second-order valence-electron chi connectivity index (χ2n) is 18.1. The van der Waals surface area contributed by atoms with Crippen molar-refractivity contribution in [2.75, 3.05) is 27.3 Å². The zero-order valence-electron chi connectivity index (χ0n) is 35.1. The predicted molar refractivity (Wildman–Crippen MR) is 226 cm³/mol. The van der Waals surface area contributed by atoms with Gasteiger partial charge in [-0.05, 0) is 109 Å². The summed E-state index contributed by atoms with van der Waals surface area (Å²) in [5.41, 5.74) is 6.65. The quantitative estimate of drug-likeness (QED) is 0.114. The molecule has 14 heteroatoms. The monoisotopic (exact) mass is 814 g/mol. The average molecular weight is 815 g/mol. The summed E-state index contributed by atoms with van der Waals surface area (Å²) < 4.78 is 9.68. The van der Waals surface area contributed by atoms with Crippen LogP contribution in [0.4, 0.5) is 9.59 Å². The van der Waals surface area contributed by atoms with Gasteiger partial charge in [0.15, 0.2) is 0 Å². The maximum Gasteiger partial charge on any atom is 0.407 e. The summed E-state index contributed by atoms with van der Waals surface area (Å²) in [6, 6.07) is 19.6. The highest BCUT2D eigenvalue weighted by molar-refractivity contribution is 5.89. The number of nitrogens with zero attached hydrogens (tertiary/aromatic N) is 4. The minimum Gasteiger partial charge on any atom is -0.453 e. The SMILES string of the molecule is COC(=O)NC(C(=O)N1C[C@@H]2CC[C@]1(c1nc3ccc(-c4ccc(-c5ccc6nc([C@]78CCC(CN7C(=O)[C@@H](NC(=O)OC)C(C)C)C8)[nH]c6c5)cc4)cc3[nH]1)C2)C(C)C. The number of H-pyrrole nitrogens is 2. The van der Waals surface area contributed by atoms with E-state index in [-0.39, 0.29) is 23.7 Å². The minimum atomic E-state index is -0.691. The molecular formula is C46H54N8O6. The number of amides is 4. The number of carbonyl (C=O) groups excluding carboxylic acids is 4. The van der Waals surface area contributed by atoms with Gasteiger partial charge >= 0.3 is 12.2 Å². The number of ether oxygens (including phenoxy) is 2. The van der Waals surface area contributed by atoms with Crippen LogP contribution in [0.2, 0.25) is 0 Å². The van der Waals surface area contributed by atoms with Crippen LogP contribution in [0.25, 0.3) is 44.3 Å². The highest BCUT2D eigenvalue weighted by Crippen LogP contribution is 2.54. The molecule has 2 aliphatic carbocycles. The van der Waals surface area contributed by atoms with E-state index in [0.29, 0.717) is 24.9 Å². The Morgan fingerprint density at radius 2 is 1.02 bits per heavy atom. The van der Waals surface area contributed by atoms with E-state index in [1.165, 1.54) is 14.2 Å². The van der Waals surface area contributed by atoms with Gasteiger partial charge in [-0.15, -0.1) is 0 Å². The number of methoxy groups -OCH3 is 2. The lowest BCUT2D eigenvalue weighted by Gasteiger charge is -2.40. The lowest BCUT2D eigenvalue weighted by atomic mass is 9.93. The number of imidazole rings is 2. The molecule has 2 aliphatic heterocycles. The first-order valence-electron chi connectivity index (χ1n) is 21.3. The van der Waals surface area contributed by atoms with Crippen molar-refractivity contribution in [3.05, 3.63) is 72.3 Å². The molecule has 4 fully saturated rings. The van der Waals surface area contributed by atoms with Crippen molar-refractivity contribution >= 4 is 46.1 Å². The molecule has 3 aromatic carbocycles. The molecule has 2 saturated carbocycles. The Morgan fingerprint density at radius 3 is 1.37 bits per heavy atom. The van der Waals surface area contributed by atoms with E-state index in [2.05, 4.69) is 69.1 Å². The largest absolute Gasteiger partial charge is 0.453 e. The minimum absolute atomic E-state index is 0.101. The van der Waals surface area contributed by atoms with Crippen LogP contribution in [0.3, 0.4) is 0 Å². The number of alkyl carbamates (subject to hydrolysis) is 2. The topological polar surface area (TPSA) is 175 Å². The normalized spacial score (nSPS) is 24.1. The molecule has 14 nitrogen and oxygen atoms in total. The number of nitrogens with one attached hydrogen (secondary N) is 4. The van der Waals surface area contributed by atoms with Crippen molar-refractivity contribution in [1.29, 1.82) is 0 Å². The summed E-state index contributed by atoms with van der Waals surface area (Å²) in [5.74, 6) is 1.96. The first kappa shape index (κ1) is 39.5. The summed E-state index contributed by atoms with van der Waals surface area (Å²) in [6.07, 6.45) is 4.16. The van der Waals surface area contributed by atoms with E-state index in [4.69, 9.17) is 19.4 Å². The molecule has 6 atom stereocenters. The molecule has 4 aliphatic rings. The summed E-state index contributed by atoms with van der Waals surface area (Å²) >= 11 is 0. The maximum absolute atomic E-state index is 14.0. The fourth-order valence-corrected chi connectivity index (χ4v) is 10.6. The van der Waals surface area contributed by atoms with Crippen LogP contribution in [0.1, 0.15) is 77.9 Å². The number of carbonyl (C=O) groups is 4. The van der Waals surface area contributed by atoms with E-state index in [1.807, 2.05) is 49.6 Å². The Kier molecular flexibility index (Phi) is 9.86. The van der Waals surface area contributed by atoms with Gasteiger partial charge in [-0.1, -0.05) is 64.1 Å². The van der Waals surface area contributed by atoms with Gasteiger partial charge in [-0.25, -0.2) is 19.6 Å². The summed E-state index contributed by atoms with van der Waals surface area (Å²) in [7, 11) is 2.62. The lowest BCUT2D eigenvalue weighted by Crippen LogP contribution is -2.56. The third-order valence-electron chi connectivity index (χ3n) is 13.8. The second-order valence-corrected chi connectivity index (χ2v) is 18.1. The Morgan fingerprint density at radius 1 is 0.633 bits per heavy atom. The van der Waals surface area contributed by atoms with Crippen LogP contribution in [0.5, 0.6) is 0 Å². The number of benzene rings is 3. The van der Waals surface area contributed by atoms with E-state index in [9.17, 15) is 19.2 Å². The summed E-state index contributed by atoms with van der Waals surface area (Å²) in [4.78, 5) is 73.6. The zero-order valence-corrected chi connectivity index (χ0v) is 35.1. The molecule has 0 spiro atoms. The number of piperidine rings is 2. The third-order valence-corrected chi connectivity index (χ3v) is 13.8. The Hall–Kier alpha value is -5.92. The lowest BCUT2D eigenvalue weighted by molar-refractivity contribution is -0.141. The third kappa shape index (κ3) is 6.55. The number of likely N-dealkylation sites (tertiary alicyclic amines) is 2. The van der Waals surface area contributed by atoms with Gasteiger partial charge in [0.2, 0.25) is 11.8 Å². The van der Waals surface area contributed by atoms with Gasteiger partial charge in [-0.2, -0.15) is 0 Å². The van der Waals surface area contributed by atoms with Crippen LogP contribution in [-0.4, -0.2) is 93.1 Å². The second kappa shape index (κ2) is 15.0. The molecule has 4 amide bonds. The molecular weight excluding hydrogens is 761 g/mol. The molecule has 0 radical (unpaired) electrons.